The van der Waals surface area contributed by atoms with E-state index in [1.54, 1.807) is 0 Å². The van der Waals surface area contributed by atoms with Gasteiger partial charge < -0.3 is 39.5 Å². The van der Waals surface area contributed by atoms with Crippen LogP contribution in [0.15, 0.2) is 60.7 Å². The van der Waals surface area contributed by atoms with Gasteiger partial charge >= 0.3 is 48.9 Å². The van der Waals surface area contributed by atoms with Crippen molar-refractivity contribution in [2.24, 2.45) is 0 Å². The molecule has 0 amide bonds. The van der Waals surface area contributed by atoms with Gasteiger partial charge in [-0.05, 0) is 62.5 Å². The van der Waals surface area contributed by atoms with Crippen LogP contribution in [0.5, 0.6) is 0 Å². The van der Waals surface area contributed by atoms with E-state index in [9.17, 15) is 30.0 Å². The van der Waals surface area contributed by atoms with Crippen molar-refractivity contribution < 1.29 is 39.5 Å². The van der Waals surface area contributed by atoms with Crippen LogP contribution in [0.2, 0.25) is 0 Å². The summed E-state index contributed by atoms with van der Waals surface area (Å²) in [6.07, 6.45) is 34.1. The van der Waals surface area contributed by atoms with Crippen molar-refractivity contribution in [2.45, 2.75) is 231 Å². The molecule has 0 bridgehead atoms. The van der Waals surface area contributed by atoms with Gasteiger partial charge in [0.1, 0.15) is 0 Å². The Morgan fingerprint density at radius 3 is 0.847 bits per heavy atom. The third-order valence-electron chi connectivity index (χ3n) is 10.7. The molecule has 59 heavy (non-hydrogen) atoms. The number of hydrogen-bond acceptors (Lipinski definition) is 8. The number of benzene rings is 2. The number of carbonyl (C=O) groups is 2. The maximum Gasteiger partial charge on any atom is 2.00 e. The van der Waals surface area contributed by atoms with E-state index in [0.29, 0.717) is 13.2 Å². The van der Waals surface area contributed by atoms with Crippen LogP contribution in [-0.2, 0) is 32.3 Å². The van der Waals surface area contributed by atoms with Gasteiger partial charge in [0.25, 0.3) is 0 Å². The number of ether oxygens (including phenoxy) is 2. The zero-order chi connectivity index (χ0) is 42.0. The van der Waals surface area contributed by atoms with Crippen LogP contribution in [0.25, 0.3) is 0 Å². The maximum absolute atomic E-state index is 10.3. The van der Waals surface area contributed by atoms with Crippen LogP contribution in [0.3, 0.4) is 0 Å². The van der Waals surface area contributed by atoms with Crippen molar-refractivity contribution in [3.8, 4) is 0 Å². The van der Waals surface area contributed by atoms with Crippen LogP contribution in [0.4, 0.5) is 0 Å². The van der Waals surface area contributed by atoms with Crippen molar-refractivity contribution in [3.05, 3.63) is 71.8 Å². The fourth-order valence-corrected chi connectivity index (χ4v) is 7.12. The molecule has 0 saturated heterocycles. The molecule has 0 saturated carbocycles. The summed E-state index contributed by atoms with van der Waals surface area (Å²) in [6, 6.07) is 19.9. The van der Waals surface area contributed by atoms with Gasteiger partial charge in [0.2, 0.25) is 0 Å². The van der Waals surface area contributed by atoms with Crippen LogP contribution < -0.4 is 10.2 Å². The average Bonchev–Trinajstić information content (AvgIpc) is 3.22. The van der Waals surface area contributed by atoms with E-state index in [4.69, 9.17) is 9.47 Å². The molecular weight excluding hydrogens is 866 g/mol. The topological polar surface area (TPSA) is 139 Å². The van der Waals surface area contributed by atoms with E-state index in [1.807, 2.05) is 60.7 Å². The normalized spacial score (nSPS) is 12.0. The summed E-state index contributed by atoms with van der Waals surface area (Å²) >= 11 is 0. The number of hydrogen-bond donors (Lipinski definition) is 2. The molecule has 2 aromatic rings. The first-order valence-corrected chi connectivity index (χ1v) is 23.4. The zero-order valence-corrected chi connectivity index (χ0v) is 41.5. The fourth-order valence-electron chi connectivity index (χ4n) is 7.12. The minimum atomic E-state index is -0.921. The molecule has 2 atom stereocenters. The number of aliphatic hydroxyl groups excluding tert-OH is 2. The molecule has 332 valence electrons. The number of carboxylic acids is 2. The molecule has 0 radical (unpaired) electrons. The van der Waals surface area contributed by atoms with Gasteiger partial charge in [-0.15, -0.1) is 0 Å². The Morgan fingerprint density at radius 1 is 0.390 bits per heavy atom. The number of aliphatic carboxylic acids is 2. The van der Waals surface area contributed by atoms with Crippen molar-refractivity contribution in [3.63, 3.8) is 0 Å². The fraction of sp³-hybridized carbons (Fsp3) is 0.720. The molecule has 0 aliphatic carbocycles. The third-order valence-corrected chi connectivity index (χ3v) is 10.7. The summed E-state index contributed by atoms with van der Waals surface area (Å²) in [4.78, 5) is 20.6. The number of carbonyl (C=O) groups excluding carboxylic acids is 2. The van der Waals surface area contributed by atoms with E-state index in [1.165, 1.54) is 128 Å². The van der Waals surface area contributed by atoms with E-state index in [2.05, 4.69) is 0 Å². The number of unbranched alkanes of at least 4 members (excludes halogenated alkanes) is 26. The van der Waals surface area contributed by atoms with Crippen LogP contribution in [0.1, 0.15) is 217 Å². The molecule has 0 aliphatic rings. The van der Waals surface area contributed by atoms with Crippen molar-refractivity contribution in [1.82, 2.24) is 0 Å². The minimum Gasteiger partial charge on any atom is -0.550 e. The summed E-state index contributed by atoms with van der Waals surface area (Å²) in [5, 5.41) is 40.4. The first-order valence-electron chi connectivity index (χ1n) is 23.4. The summed E-state index contributed by atoms with van der Waals surface area (Å²) < 4.78 is 11.0. The van der Waals surface area contributed by atoms with Gasteiger partial charge in [0.15, 0.2) is 12.6 Å². The summed E-state index contributed by atoms with van der Waals surface area (Å²) in [5.74, 6) is -1.84. The molecule has 0 fully saturated rings. The Labute approximate surface area is 400 Å². The van der Waals surface area contributed by atoms with Crippen molar-refractivity contribution in [1.29, 1.82) is 0 Å². The standard InChI is InChI=1S/2C25H42O4.Ba/c2*26-24(27)20-16-11-9-7-5-3-1-2-4-6-8-10-12-17-21-25(28)29-22-23-18-14-13-15-19-23;/h2*13-15,18-19,25,28H,1-12,16-17,20-22H2,(H,26,27);/q;;+2/p-2. The monoisotopic (exact) mass is 949 g/mol. The average molecular weight is 949 g/mol. The minimum absolute atomic E-state index is 0. The van der Waals surface area contributed by atoms with E-state index >= 15 is 0 Å². The van der Waals surface area contributed by atoms with Crippen LogP contribution in [-0.4, -0.2) is 83.6 Å². The molecule has 0 aromatic heterocycles. The summed E-state index contributed by atoms with van der Waals surface area (Å²) in [6.45, 7) is 0.953. The molecule has 2 rings (SSSR count). The first kappa shape index (κ1) is 57.8. The molecule has 0 heterocycles. The quantitative estimate of drug-likeness (QED) is 0.0383. The van der Waals surface area contributed by atoms with E-state index in [-0.39, 0.29) is 61.7 Å². The largest absolute Gasteiger partial charge is 2.00 e. The Kier molecular flexibility index (Phi) is 43.9. The third kappa shape index (κ3) is 43.2. The van der Waals surface area contributed by atoms with Gasteiger partial charge in [-0.2, -0.15) is 0 Å². The van der Waals surface area contributed by atoms with Crippen LogP contribution in [0, 0.1) is 0 Å². The van der Waals surface area contributed by atoms with Crippen LogP contribution >= 0.6 is 0 Å². The van der Waals surface area contributed by atoms with Crippen molar-refractivity contribution >= 4 is 60.8 Å². The molecule has 8 nitrogen and oxygen atoms in total. The van der Waals surface area contributed by atoms with Gasteiger partial charge in [-0.1, -0.05) is 215 Å². The van der Waals surface area contributed by atoms with Gasteiger partial charge in [0.05, 0.1) is 13.2 Å². The molecule has 0 spiro atoms. The molecule has 2 unspecified atom stereocenters. The number of aliphatic hydroxyl groups is 2. The molecular formula is C50H82BaO8. The molecule has 9 heteroatoms. The predicted molar refractivity (Wildman–Crippen MR) is 238 cm³/mol. The second-order valence-corrected chi connectivity index (χ2v) is 16.2. The maximum atomic E-state index is 10.3. The van der Waals surface area contributed by atoms with Gasteiger partial charge in [-0.3, -0.25) is 0 Å². The van der Waals surface area contributed by atoms with Crippen molar-refractivity contribution in [2.75, 3.05) is 0 Å². The predicted octanol–water partition coefficient (Wildman–Crippen LogP) is 10.6. The summed E-state index contributed by atoms with van der Waals surface area (Å²) in [7, 11) is 0. The Balaban J connectivity index is 0.00000112. The van der Waals surface area contributed by atoms with Gasteiger partial charge in [0, 0.05) is 11.9 Å². The molecule has 0 aliphatic heterocycles. The molecule has 2 aromatic carbocycles. The number of rotatable bonds is 40. The number of carboxylic acid groups (broad SMARTS) is 2. The zero-order valence-electron chi connectivity index (χ0n) is 37.0. The Morgan fingerprint density at radius 2 is 0.610 bits per heavy atom. The Hall–Kier alpha value is -1.21. The van der Waals surface area contributed by atoms with E-state index in [0.717, 1.165) is 75.3 Å². The SMILES string of the molecule is O=C([O-])CCCCCCCCCCCCCCCCC(O)OCc1ccccc1.O=C([O-])CCCCCCCCCCCCCCCCC(O)OCc1ccccc1.[Ba+2]. The molecule has 2 N–H and O–H groups in total. The van der Waals surface area contributed by atoms with Gasteiger partial charge in [-0.25, -0.2) is 0 Å². The second kappa shape index (κ2) is 44.8. The first-order chi connectivity index (χ1) is 28.4. The summed E-state index contributed by atoms with van der Waals surface area (Å²) in [5.41, 5.74) is 2.19. The van der Waals surface area contributed by atoms with E-state index < -0.39 is 24.5 Å². The second-order valence-electron chi connectivity index (χ2n) is 16.2. The smallest absolute Gasteiger partial charge is 0.550 e. The Bertz CT molecular complexity index is 1080.